The van der Waals surface area contributed by atoms with Gasteiger partial charge in [-0.1, -0.05) is 24.3 Å². The predicted octanol–water partition coefficient (Wildman–Crippen LogP) is 3.29. The molecule has 3 rings (SSSR count). The van der Waals surface area contributed by atoms with Crippen LogP contribution in [0.1, 0.15) is 44.5 Å². The first-order chi connectivity index (χ1) is 13.2. The Balaban J connectivity index is 1.93. The smallest absolute Gasteiger partial charge is 0.360 e. The summed E-state index contributed by atoms with van der Waals surface area (Å²) in [6.07, 6.45) is -0.980. The van der Waals surface area contributed by atoms with E-state index in [1.165, 1.54) is 7.05 Å². The van der Waals surface area contributed by atoms with Crippen LogP contribution in [0.3, 0.4) is 0 Å². The Hall–Kier alpha value is -3.28. The minimum absolute atomic E-state index is 0.00848. The van der Waals surface area contributed by atoms with Gasteiger partial charge in [0.15, 0.2) is 11.8 Å². The van der Waals surface area contributed by atoms with Gasteiger partial charge in [0.05, 0.1) is 5.39 Å². The second kappa shape index (κ2) is 7.38. The second-order valence-corrected chi connectivity index (χ2v) is 6.99. The van der Waals surface area contributed by atoms with E-state index < -0.39 is 12.1 Å². The fourth-order valence-corrected chi connectivity index (χ4v) is 3.17. The van der Waals surface area contributed by atoms with Crippen molar-refractivity contribution in [3.8, 4) is 0 Å². The Bertz CT molecular complexity index is 1160. The van der Waals surface area contributed by atoms with Gasteiger partial charge in [-0.2, -0.15) is 5.10 Å². The molecule has 6 heteroatoms. The highest BCUT2D eigenvalue weighted by atomic mass is 16.5. The molecule has 144 valence electrons. The van der Waals surface area contributed by atoms with Gasteiger partial charge < -0.3 is 4.74 Å². The first kappa shape index (κ1) is 19.5. The number of carbonyl (C=O) groups excluding carboxylic acids is 2. The lowest BCUT2D eigenvalue weighted by atomic mass is 9.96. The third kappa shape index (κ3) is 3.45. The Labute approximate surface area is 162 Å². The molecule has 0 amide bonds. The van der Waals surface area contributed by atoms with E-state index in [2.05, 4.69) is 5.10 Å². The molecule has 0 saturated heterocycles. The van der Waals surface area contributed by atoms with Crippen LogP contribution < -0.4 is 5.56 Å². The summed E-state index contributed by atoms with van der Waals surface area (Å²) < 4.78 is 6.51. The molecule has 0 aliphatic rings. The average Bonchev–Trinajstić information content (AvgIpc) is 2.66. The van der Waals surface area contributed by atoms with Crippen molar-refractivity contribution in [2.45, 2.75) is 33.8 Å². The van der Waals surface area contributed by atoms with E-state index in [0.29, 0.717) is 16.3 Å². The molecule has 0 saturated carbocycles. The van der Waals surface area contributed by atoms with Crippen molar-refractivity contribution >= 4 is 22.5 Å². The molecule has 1 atom stereocenters. The lowest BCUT2D eigenvalue weighted by molar-refractivity contribution is 0.0313. The normalized spacial score (nSPS) is 12.0. The number of hydrogen-bond acceptors (Lipinski definition) is 5. The maximum absolute atomic E-state index is 12.8. The highest BCUT2D eigenvalue weighted by Gasteiger charge is 2.25. The van der Waals surface area contributed by atoms with Gasteiger partial charge in [-0.3, -0.25) is 9.59 Å². The van der Waals surface area contributed by atoms with Gasteiger partial charge in [-0.15, -0.1) is 0 Å². The van der Waals surface area contributed by atoms with Crippen molar-refractivity contribution in [2.24, 2.45) is 7.05 Å². The first-order valence-electron chi connectivity index (χ1n) is 8.99. The quantitative estimate of drug-likeness (QED) is 0.514. The molecule has 0 N–H and O–H groups in total. The summed E-state index contributed by atoms with van der Waals surface area (Å²) >= 11 is 0. The van der Waals surface area contributed by atoms with Crippen LogP contribution in [0.25, 0.3) is 10.8 Å². The molecule has 3 aromatic rings. The number of ketones is 1. The minimum atomic E-state index is -0.980. The number of hydrogen-bond donors (Lipinski definition) is 0. The Morgan fingerprint density at radius 3 is 2.29 bits per heavy atom. The number of esters is 1. The number of aryl methyl sites for hydroxylation is 4. The largest absolute Gasteiger partial charge is 0.449 e. The van der Waals surface area contributed by atoms with Crippen molar-refractivity contribution in [2.75, 3.05) is 0 Å². The number of rotatable bonds is 4. The Morgan fingerprint density at radius 1 is 1.00 bits per heavy atom. The fourth-order valence-electron chi connectivity index (χ4n) is 3.17. The summed E-state index contributed by atoms with van der Waals surface area (Å²) in [7, 11) is 1.47. The van der Waals surface area contributed by atoms with Crippen molar-refractivity contribution in [3.05, 3.63) is 74.7 Å². The number of aromatic nitrogens is 2. The molecule has 1 unspecified atom stereocenters. The fraction of sp³-hybridized carbons (Fsp3) is 0.273. The Morgan fingerprint density at radius 2 is 1.61 bits per heavy atom. The van der Waals surface area contributed by atoms with Gasteiger partial charge in [-0.05, 0) is 56.5 Å². The third-order valence-electron chi connectivity index (χ3n) is 4.91. The van der Waals surface area contributed by atoms with Crippen LogP contribution >= 0.6 is 0 Å². The molecule has 2 aromatic carbocycles. The molecule has 0 fully saturated rings. The summed E-state index contributed by atoms with van der Waals surface area (Å²) in [6.45, 7) is 7.31. The van der Waals surface area contributed by atoms with Crippen LogP contribution in [0, 0.1) is 20.8 Å². The molecule has 6 nitrogen and oxygen atoms in total. The molecule has 1 aromatic heterocycles. The number of nitrogens with zero attached hydrogens (tertiary/aromatic N) is 2. The summed E-state index contributed by atoms with van der Waals surface area (Å²) in [4.78, 5) is 37.8. The topological polar surface area (TPSA) is 78.3 Å². The number of carbonyl (C=O) groups is 2. The number of Topliss-reactive ketones (excluding diaryl/α,β-unsaturated/α-hetero) is 1. The maximum atomic E-state index is 12.8. The van der Waals surface area contributed by atoms with Gasteiger partial charge in [0.1, 0.15) is 0 Å². The lowest BCUT2D eigenvalue weighted by Crippen LogP contribution is -2.28. The molecule has 28 heavy (non-hydrogen) atoms. The standard InChI is InChI=1S/C22H22N2O4/c1-12-10-14(3)18(11-13(12)2)20(25)15(4)28-22(27)19-16-8-6-7-9-17(16)21(26)24(5)23-19/h6-11,15H,1-5H3. The van der Waals surface area contributed by atoms with E-state index in [0.717, 1.165) is 21.4 Å². The SMILES string of the molecule is Cc1cc(C)c(C(=O)C(C)OC(=O)c2nn(C)c(=O)c3ccccc23)cc1C. The lowest BCUT2D eigenvalue weighted by Gasteiger charge is -2.15. The van der Waals surface area contributed by atoms with E-state index in [1.54, 1.807) is 31.2 Å². The molecule has 0 spiro atoms. The molecule has 0 aliphatic carbocycles. The highest BCUT2D eigenvalue weighted by molar-refractivity contribution is 6.05. The van der Waals surface area contributed by atoms with E-state index in [-0.39, 0.29) is 17.0 Å². The van der Waals surface area contributed by atoms with Crippen LogP contribution in [0.4, 0.5) is 0 Å². The van der Waals surface area contributed by atoms with Crippen LogP contribution in [0.5, 0.6) is 0 Å². The zero-order valence-electron chi connectivity index (χ0n) is 16.6. The molecular formula is C22H22N2O4. The zero-order valence-corrected chi connectivity index (χ0v) is 16.6. The second-order valence-electron chi connectivity index (χ2n) is 6.99. The highest BCUT2D eigenvalue weighted by Crippen LogP contribution is 2.19. The van der Waals surface area contributed by atoms with Crippen LogP contribution in [-0.2, 0) is 11.8 Å². The van der Waals surface area contributed by atoms with Gasteiger partial charge in [0.2, 0.25) is 5.78 Å². The van der Waals surface area contributed by atoms with Gasteiger partial charge in [-0.25, -0.2) is 9.48 Å². The predicted molar refractivity (Wildman–Crippen MR) is 107 cm³/mol. The number of fused-ring (bicyclic) bond motifs is 1. The monoisotopic (exact) mass is 378 g/mol. The zero-order chi connectivity index (χ0) is 20.6. The first-order valence-corrected chi connectivity index (χ1v) is 8.99. The summed E-state index contributed by atoms with van der Waals surface area (Å²) in [6, 6.07) is 10.5. The van der Waals surface area contributed by atoms with Crippen molar-refractivity contribution in [1.29, 1.82) is 0 Å². The van der Waals surface area contributed by atoms with Gasteiger partial charge in [0, 0.05) is 18.0 Å². The molecule has 0 bridgehead atoms. The van der Waals surface area contributed by atoms with Crippen LogP contribution in [-0.4, -0.2) is 27.6 Å². The van der Waals surface area contributed by atoms with E-state index in [1.807, 2.05) is 32.9 Å². The van der Waals surface area contributed by atoms with Gasteiger partial charge in [0.25, 0.3) is 5.56 Å². The van der Waals surface area contributed by atoms with Crippen molar-refractivity contribution < 1.29 is 14.3 Å². The molecule has 1 heterocycles. The summed E-state index contributed by atoms with van der Waals surface area (Å²) in [5.41, 5.74) is 3.16. The Kier molecular flexibility index (Phi) is 5.14. The number of ether oxygens (including phenoxy) is 1. The molecule has 0 aliphatic heterocycles. The van der Waals surface area contributed by atoms with E-state index >= 15 is 0 Å². The minimum Gasteiger partial charge on any atom is -0.449 e. The van der Waals surface area contributed by atoms with Crippen LogP contribution in [0.2, 0.25) is 0 Å². The van der Waals surface area contributed by atoms with Crippen LogP contribution in [0.15, 0.2) is 41.2 Å². The summed E-state index contributed by atoms with van der Waals surface area (Å²) in [5, 5.41) is 4.82. The maximum Gasteiger partial charge on any atom is 0.360 e. The van der Waals surface area contributed by atoms with E-state index in [9.17, 15) is 14.4 Å². The molecule has 0 radical (unpaired) electrons. The average molecular weight is 378 g/mol. The number of benzene rings is 2. The van der Waals surface area contributed by atoms with Crippen molar-refractivity contribution in [1.82, 2.24) is 9.78 Å². The summed E-state index contributed by atoms with van der Waals surface area (Å²) in [5.74, 6) is -1.02. The van der Waals surface area contributed by atoms with E-state index in [4.69, 9.17) is 4.74 Å². The third-order valence-corrected chi connectivity index (χ3v) is 4.91. The van der Waals surface area contributed by atoms with Crippen molar-refractivity contribution in [3.63, 3.8) is 0 Å². The molecular weight excluding hydrogens is 356 g/mol. The van der Waals surface area contributed by atoms with Gasteiger partial charge >= 0.3 is 5.97 Å².